The fourth-order valence-corrected chi connectivity index (χ4v) is 8.53. The molecule has 0 aromatic heterocycles. The van der Waals surface area contributed by atoms with E-state index in [1.807, 2.05) is 0 Å². The number of fused-ring (bicyclic) bond motifs is 6. The lowest BCUT2D eigenvalue weighted by atomic mass is 9.88. The monoisotopic (exact) mass is 712 g/mol. The molecular formula is C56H40. The van der Waals surface area contributed by atoms with Crippen molar-refractivity contribution in [2.75, 3.05) is 0 Å². The van der Waals surface area contributed by atoms with Crippen LogP contribution in [0.25, 0.3) is 99.1 Å². The Morgan fingerprint density at radius 2 is 0.518 bits per heavy atom. The first-order valence-electron chi connectivity index (χ1n) is 19.5. The van der Waals surface area contributed by atoms with Crippen LogP contribution in [0.2, 0.25) is 0 Å². The maximum atomic E-state index is 2.43. The summed E-state index contributed by atoms with van der Waals surface area (Å²) in [4.78, 5) is 0. The standard InChI is InChI=1S/C56H40/c1-37-23-25-45(43-19-11-17-41(31-43)39-13-5-3-6-14-39)33-53(37)47-27-29-51-49-21-9-10-22-50(49)52-30-28-48(36-56(52)55(51)35-47)54-34-46(26-24-38(54)2)44-20-12-18-42(32-44)40-15-7-4-8-16-40/h3-36H,1-2H3. The second kappa shape index (κ2) is 14.0. The van der Waals surface area contributed by atoms with Crippen LogP contribution in [0.1, 0.15) is 11.1 Å². The van der Waals surface area contributed by atoms with E-state index in [9.17, 15) is 0 Å². The molecule has 0 aliphatic rings. The van der Waals surface area contributed by atoms with Crippen LogP contribution in [-0.2, 0) is 0 Å². The molecule has 0 amide bonds. The molecule has 10 aromatic rings. The van der Waals surface area contributed by atoms with Gasteiger partial charge in [-0.3, -0.25) is 0 Å². The Bertz CT molecular complexity index is 2870. The molecule has 0 saturated carbocycles. The Morgan fingerprint density at radius 1 is 0.196 bits per heavy atom. The minimum absolute atomic E-state index is 1.22. The number of aryl methyl sites for hydroxylation is 2. The number of rotatable bonds is 6. The van der Waals surface area contributed by atoms with Gasteiger partial charge in [0.05, 0.1) is 0 Å². The first kappa shape index (κ1) is 33.5. The molecule has 0 unspecified atom stereocenters. The summed E-state index contributed by atoms with van der Waals surface area (Å²) in [6, 6.07) is 75.9. The minimum Gasteiger partial charge on any atom is -0.0622 e. The molecule has 0 N–H and O–H groups in total. The lowest BCUT2D eigenvalue weighted by molar-refractivity contribution is 1.46. The summed E-state index contributed by atoms with van der Waals surface area (Å²) in [6.45, 7) is 4.46. The normalized spacial score (nSPS) is 11.4. The highest BCUT2D eigenvalue weighted by molar-refractivity contribution is 6.26. The third-order valence-corrected chi connectivity index (χ3v) is 11.5. The summed E-state index contributed by atoms with van der Waals surface area (Å²) in [5.74, 6) is 0. The maximum Gasteiger partial charge on any atom is -0.00926 e. The van der Waals surface area contributed by atoms with E-state index in [1.54, 1.807) is 0 Å². The molecule has 0 heterocycles. The van der Waals surface area contributed by atoms with Gasteiger partial charge < -0.3 is 0 Å². The summed E-state index contributed by atoms with van der Waals surface area (Å²) in [5, 5.41) is 7.68. The van der Waals surface area contributed by atoms with Crippen molar-refractivity contribution >= 4 is 32.3 Å². The van der Waals surface area contributed by atoms with Crippen molar-refractivity contribution in [3.63, 3.8) is 0 Å². The SMILES string of the molecule is Cc1ccc(-c2cccc(-c3ccccc3)c2)cc1-c1ccc2c3ccccc3c3ccc(-c4cc(-c5cccc(-c6ccccc6)c5)ccc4C)cc3c2c1. The number of hydrogen-bond acceptors (Lipinski definition) is 0. The highest BCUT2D eigenvalue weighted by atomic mass is 14.2. The molecule has 0 aliphatic heterocycles. The van der Waals surface area contributed by atoms with Gasteiger partial charge >= 0.3 is 0 Å². The van der Waals surface area contributed by atoms with Crippen LogP contribution >= 0.6 is 0 Å². The molecule has 0 bridgehead atoms. The van der Waals surface area contributed by atoms with Gasteiger partial charge in [-0.15, -0.1) is 0 Å². The summed E-state index contributed by atoms with van der Waals surface area (Å²) >= 11 is 0. The average Bonchev–Trinajstić information content (AvgIpc) is 3.27. The summed E-state index contributed by atoms with van der Waals surface area (Å²) in [7, 11) is 0. The van der Waals surface area contributed by atoms with Gasteiger partial charge in [0.15, 0.2) is 0 Å². The Morgan fingerprint density at radius 3 is 0.946 bits per heavy atom. The lowest BCUT2D eigenvalue weighted by Gasteiger charge is -2.16. The molecule has 0 spiro atoms. The van der Waals surface area contributed by atoms with Crippen molar-refractivity contribution in [3.05, 3.63) is 217 Å². The Kier molecular flexibility index (Phi) is 8.38. The molecule has 0 saturated heterocycles. The van der Waals surface area contributed by atoms with Crippen LogP contribution in [0, 0.1) is 13.8 Å². The fraction of sp³-hybridized carbons (Fsp3) is 0.0357. The van der Waals surface area contributed by atoms with E-state index in [1.165, 1.54) is 110 Å². The van der Waals surface area contributed by atoms with Gasteiger partial charge in [-0.2, -0.15) is 0 Å². The summed E-state index contributed by atoms with van der Waals surface area (Å²) in [5.41, 5.74) is 17.3. The van der Waals surface area contributed by atoms with Crippen LogP contribution in [0.15, 0.2) is 206 Å². The van der Waals surface area contributed by atoms with Gasteiger partial charge in [0, 0.05) is 0 Å². The van der Waals surface area contributed by atoms with E-state index in [0.29, 0.717) is 0 Å². The zero-order chi connectivity index (χ0) is 37.6. The van der Waals surface area contributed by atoms with Crippen molar-refractivity contribution in [2.45, 2.75) is 13.8 Å². The largest absolute Gasteiger partial charge is 0.0622 e. The molecule has 10 rings (SSSR count). The van der Waals surface area contributed by atoms with Crippen molar-refractivity contribution in [2.24, 2.45) is 0 Å². The lowest BCUT2D eigenvalue weighted by Crippen LogP contribution is -1.90. The molecule has 0 nitrogen and oxygen atoms in total. The van der Waals surface area contributed by atoms with E-state index in [0.717, 1.165) is 0 Å². The van der Waals surface area contributed by atoms with Crippen molar-refractivity contribution in [1.29, 1.82) is 0 Å². The van der Waals surface area contributed by atoms with Gasteiger partial charge in [0.1, 0.15) is 0 Å². The van der Waals surface area contributed by atoms with Gasteiger partial charge in [-0.25, -0.2) is 0 Å². The van der Waals surface area contributed by atoms with Crippen LogP contribution in [-0.4, -0.2) is 0 Å². The van der Waals surface area contributed by atoms with Gasteiger partial charge in [0.2, 0.25) is 0 Å². The third-order valence-electron chi connectivity index (χ3n) is 11.5. The van der Waals surface area contributed by atoms with Crippen LogP contribution in [0.3, 0.4) is 0 Å². The highest BCUT2D eigenvalue weighted by Gasteiger charge is 2.14. The van der Waals surface area contributed by atoms with E-state index in [2.05, 4.69) is 220 Å². The van der Waals surface area contributed by atoms with E-state index in [-0.39, 0.29) is 0 Å². The Labute approximate surface area is 329 Å². The van der Waals surface area contributed by atoms with Crippen molar-refractivity contribution < 1.29 is 0 Å². The number of hydrogen-bond donors (Lipinski definition) is 0. The van der Waals surface area contributed by atoms with E-state index in [4.69, 9.17) is 0 Å². The van der Waals surface area contributed by atoms with Gasteiger partial charge in [-0.05, 0) is 160 Å². The molecule has 0 heteroatoms. The highest BCUT2D eigenvalue weighted by Crippen LogP contribution is 2.41. The zero-order valence-electron chi connectivity index (χ0n) is 31.6. The Hall–Kier alpha value is -7.02. The predicted molar refractivity (Wildman–Crippen MR) is 241 cm³/mol. The van der Waals surface area contributed by atoms with Crippen LogP contribution < -0.4 is 0 Å². The fourth-order valence-electron chi connectivity index (χ4n) is 8.53. The van der Waals surface area contributed by atoms with Crippen molar-refractivity contribution in [3.8, 4) is 66.8 Å². The summed E-state index contributed by atoms with van der Waals surface area (Å²) < 4.78 is 0. The molecule has 0 radical (unpaired) electrons. The minimum atomic E-state index is 1.22. The first-order chi connectivity index (χ1) is 27.6. The topological polar surface area (TPSA) is 0 Å². The zero-order valence-corrected chi connectivity index (χ0v) is 31.6. The molecular weight excluding hydrogens is 673 g/mol. The van der Waals surface area contributed by atoms with Gasteiger partial charge in [-0.1, -0.05) is 170 Å². The van der Waals surface area contributed by atoms with Crippen LogP contribution in [0.4, 0.5) is 0 Å². The van der Waals surface area contributed by atoms with Crippen molar-refractivity contribution in [1.82, 2.24) is 0 Å². The molecule has 0 atom stereocenters. The van der Waals surface area contributed by atoms with Crippen LogP contribution in [0.5, 0.6) is 0 Å². The van der Waals surface area contributed by atoms with E-state index >= 15 is 0 Å². The molecule has 0 fully saturated rings. The second-order valence-corrected chi connectivity index (χ2v) is 15.0. The van der Waals surface area contributed by atoms with E-state index < -0.39 is 0 Å². The Balaban J connectivity index is 1.11. The molecule has 56 heavy (non-hydrogen) atoms. The average molecular weight is 713 g/mol. The quantitative estimate of drug-likeness (QED) is 0.151. The molecule has 0 aliphatic carbocycles. The predicted octanol–water partition coefficient (Wildman–Crippen LogP) is 15.8. The number of benzene rings is 10. The second-order valence-electron chi connectivity index (χ2n) is 15.0. The maximum absolute atomic E-state index is 2.43. The smallest absolute Gasteiger partial charge is 0.00926 e. The molecule has 10 aromatic carbocycles. The van der Waals surface area contributed by atoms with Gasteiger partial charge in [0.25, 0.3) is 0 Å². The third kappa shape index (κ3) is 6.06. The first-order valence-corrected chi connectivity index (χ1v) is 19.5. The summed E-state index contributed by atoms with van der Waals surface area (Å²) in [6.07, 6.45) is 0. The molecule has 264 valence electrons.